The van der Waals surface area contributed by atoms with E-state index in [0.717, 1.165) is 47.7 Å². The van der Waals surface area contributed by atoms with Gasteiger partial charge in [-0.15, -0.1) is 0 Å². The van der Waals surface area contributed by atoms with E-state index in [1.54, 1.807) is 0 Å². The lowest BCUT2D eigenvalue weighted by molar-refractivity contribution is -0.732. The van der Waals surface area contributed by atoms with Gasteiger partial charge < -0.3 is 20.2 Å². The van der Waals surface area contributed by atoms with Crippen LogP contribution >= 0.6 is 15.9 Å². The van der Waals surface area contributed by atoms with Crippen molar-refractivity contribution in [3.63, 3.8) is 0 Å². The van der Waals surface area contributed by atoms with E-state index in [9.17, 15) is 0 Å². The van der Waals surface area contributed by atoms with Gasteiger partial charge in [-0.2, -0.15) is 0 Å². The van der Waals surface area contributed by atoms with Crippen molar-refractivity contribution in [1.29, 1.82) is 0 Å². The summed E-state index contributed by atoms with van der Waals surface area (Å²) >= 11 is 3.43. The second kappa shape index (κ2) is 8.21. The Kier molecular flexibility index (Phi) is 6.26. The minimum Gasteiger partial charge on any atom is -0.455 e. The van der Waals surface area contributed by atoms with Crippen LogP contribution in [-0.4, -0.2) is 31.3 Å². The van der Waals surface area contributed by atoms with Crippen molar-refractivity contribution < 1.29 is 20.2 Å². The van der Waals surface area contributed by atoms with Crippen LogP contribution in [0.4, 0.5) is 0 Å². The van der Waals surface area contributed by atoms with Gasteiger partial charge in [-0.3, -0.25) is 0 Å². The number of rotatable bonds is 8. The molecule has 0 saturated heterocycles. The summed E-state index contributed by atoms with van der Waals surface area (Å²) < 4.78 is 6.91. The van der Waals surface area contributed by atoms with Crippen molar-refractivity contribution in [2.24, 2.45) is 0 Å². The highest BCUT2D eigenvalue weighted by molar-refractivity contribution is 9.10. The summed E-state index contributed by atoms with van der Waals surface area (Å²) in [5, 5.41) is 13.0. The molecule has 1 heterocycles. The monoisotopic (exact) mass is 340 g/mol. The molecule has 108 valence electrons. The van der Waals surface area contributed by atoms with Gasteiger partial charge in [0.05, 0.1) is 13.2 Å². The number of hydrogen-bond donors (Lipinski definition) is 3. The third-order valence-electron chi connectivity index (χ3n) is 3.04. The summed E-state index contributed by atoms with van der Waals surface area (Å²) in [4.78, 5) is 0. The van der Waals surface area contributed by atoms with Crippen LogP contribution in [0.2, 0.25) is 0 Å². The van der Waals surface area contributed by atoms with Crippen molar-refractivity contribution >= 4 is 15.9 Å². The van der Waals surface area contributed by atoms with Crippen molar-refractivity contribution in [2.75, 3.05) is 26.2 Å². The smallest absolute Gasteiger partial charge is 0.158 e. The maximum atomic E-state index is 8.67. The first-order valence-electron chi connectivity index (χ1n) is 6.88. The summed E-state index contributed by atoms with van der Waals surface area (Å²) in [5.74, 6) is 1.90. The molecule has 4 nitrogen and oxygen atoms in total. The average molecular weight is 341 g/mol. The topological polar surface area (TPSA) is 66.6 Å². The highest BCUT2D eigenvalue weighted by Gasteiger charge is 2.06. The van der Waals surface area contributed by atoms with E-state index in [4.69, 9.17) is 9.52 Å². The molecule has 0 saturated carbocycles. The number of quaternary nitrogens is 2. The Labute approximate surface area is 127 Å². The number of furan rings is 1. The molecule has 1 aromatic heterocycles. The van der Waals surface area contributed by atoms with Gasteiger partial charge >= 0.3 is 0 Å². The summed E-state index contributed by atoms with van der Waals surface area (Å²) in [5.41, 5.74) is 1.09. The van der Waals surface area contributed by atoms with E-state index in [-0.39, 0.29) is 6.61 Å². The third-order valence-corrected chi connectivity index (χ3v) is 3.57. The number of aliphatic hydroxyl groups excluding tert-OH is 1. The highest BCUT2D eigenvalue weighted by Crippen LogP contribution is 2.23. The molecule has 0 aliphatic rings. The zero-order chi connectivity index (χ0) is 14.2. The van der Waals surface area contributed by atoms with Gasteiger partial charge in [-0.1, -0.05) is 28.1 Å². The molecule has 0 bridgehead atoms. The molecule has 2 aromatic rings. The average Bonchev–Trinajstić information content (AvgIpc) is 2.92. The molecule has 0 aliphatic heterocycles. The first-order chi connectivity index (χ1) is 9.79. The van der Waals surface area contributed by atoms with Crippen LogP contribution in [0.5, 0.6) is 0 Å². The number of benzene rings is 1. The highest BCUT2D eigenvalue weighted by atomic mass is 79.9. The Morgan fingerprint density at radius 2 is 1.70 bits per heavy atom. The summed E-state index contributed by atoms with van der Waals surface area (Å²) in [7, 11) is 0. The molecule has 0 fully saturated rings. The Morgan fingerprint density at radius 1 is 0.950 bits per heavy atom. The summed E-state index contributed by atoms with van der Waals surface area (Å²) in [6.07, 6.45) is 0. The van der Waals surface area contributed by atoms with E-state index in [1.807, 2.05) is 36.4 Å². The molecule has 0 unspecified atom stereocenters. The standard InChI is InChI=1S/C15H19BrN2O2/c16-13-3-1-12(2-4-13)15-6-5-14(20-15)11-18-8-7-17-9-10-19/h1-6,17-19H,7-11H2/p+2. The van der Waals surface area contributed by atoms with Gasteiger partial charge in [0.25, 0.3) is 0 Å². The molecular formula is C15H21BrN2O2+2. The van der Waals surface area contributed by atoms with Crippen molar-refractivity contribution in [1.82, 2.24) is 0 Å². The molecule has 5 heteroatoms. The van der Waals surface area contributed by atoms with Gasteiger partial charge in [0.2, 0.25) is 0 Å². The zero-order valence-corrected chi connectivity index (χ0v) is 13.0. The predicted octanol–water partition coefficient (Wildman–Crippen LogP) is 0.328. The van der Waals surface area contributed by atoms with Gasteiger partial charge in [0.1, 0.15) is 25.4 Å². The summed E-state index contributed by atoms with van der Waals surface area (Å²) in [6.45, 7) is 3.91. The maximum absolute atomic E-state index is 8.67. The quantitative estimate of drug-likeness (QED) is 0.606. The fraction of sp³-hybridized carbons (Fsp3) is 0.333. The minimum absolute atomic E-state index is 0.245. The number of nitrogens with two attached hydrogens (primary N) is 2. The van der Waals surface area contributed by atoms with E-state index in [0.29, 0.717) is 0 Å². The lowest BCUT2D eigenvalue weighted by atomic mass is 10.2. The van der Waals surface area contributed by atoms with Gasteiger partial charge in [-0.05, 0) is 24.3 Å². The zero-order valence-electron chi connectivity index (χ0n) is 11.4. The van der Waals surface area contributed by atoms with Crippen LogP contribution in [-0.2, 0) is 6.54 Å². The van der Waals surface area contributed by atoms with Gasteiger partial charge in [0, 0.05) is 10.0 Å². The third kappa shape index (κ3) is 4.76. The van der Waals surface area contributed by atoms with Crippen LogP contribution in [0.25, 0.3) is 11.3 Å². The largest absolute Gasteiger partial charge is 0.455 e. The molecule has 0 atom stereocenters. The Morgan fingerprint density at radius 3 is 2.45 bits per heavy atom. The molecule has 1 aromatic carbocycles. The molecule has 0 spiro atoms. The number of aliphatic hydroxyl groups is 1. The van der Waals surface area contributed by atoms with E-state index in [1.165, 1.54) is 0 Å². The number of hydrogen-bond acceptors (Lipinski definition) is 2. The molecule has 20 heavy (non-hydrogen) atoms. The van der Waals surface area contributed by atoms with E-state index < -0.39 is 0 Å². The first kappa shape index (κ1) is 15.3. The minimum atomic E-state index is 0.245. The molecule has 5 N–H and O–H groups in total. The fourth-order valence-corrected chi connectivity index (χ4v) is 2.24. The van der Waals surface area contributed by atoms with Crippen LogP contribution in [0.3, 0.4) is 0 Å². The SMILES string of the molecule is OCC[NH2+]CC[NH2+]Cc1ccc(-c2ccc(Br)cc2)o1. The first-order valence-corrected chi connectivity index (χ1v) is 7.68. The normalized spacial score (nSPS) is 10.9. The van der Waals surface area contributed by atoms with Crippen molar-refractivity contribution in [3.05, 3.63) is 46.6 Å². The maximum Gasteiger partial charge on any atom is 0.158 e. The van der Waals surface area contributed by atoms with Gasteiger partial charge in [-0.25, -0.2) is 0 Å². The second-order valence-electron chi connectivity index (χ2n) is 4.64. The Balaban J connectivity index is 1.79. The van der Waals surface area contributed by atoms with Crippen LogP contribution in [0.15, 0.2) is 45.3 Å². The molecular weight excluding hydrogens is 320 g/mol. The van der Waals surface area contributed by atoms with E-state index >= 15 is 0 Å². The van der Waals surface area contributed by atoms with Crippen molar-refractivity contribution in [3.8, 4) is 11.3 Å². The van der Waals surface area contributed by atoms with Crippen molar-refractivity contribution in [2.45, 2.75) is 6.54 Å². The fourth-order valence-electron chi connectivity index (χ4n) is 1.97. The van der Waals surface area contributed by atoms with Crippen LogP contribution in [0, 0.1) is 0 Å². The summed E-state index contributed by atoms with van der Waals surface area (Å²) in [6, 6.07) is 12.2. The molecule has 2 rings (SSSR count). The van der Waals surface area contributed by atoms with Crippen LogP contribution < -0.4 is 10.6 Å². The number of halogens is 1. The van der Waals surface area contributed by atoms with Crippen LogP contribution in [0.1, 0.15) is 5.76 Å². The lowest BCUT2D eigenvalue weighted by Gasteiger charge is -2.00. The second-order valence-corrected chi connectivity index (χ2v) is 5.56. The molecule has 0 radical (unpaired) electrons. The van der Waals surface area contributed by atoms with Gasteiger partial charge in [0.15, 0.2) is 5.76 Å². The molecule has 0 aliphatic carbocycles. The predicted molar refractivity (Wildman–Crippen MR) is 81.1 cm³/mol. The Hall–Kier alpha value is -1.14. The van der Waals surface area contributed by atoms with E-state index in [2.05, 4.69) is 26.6 Å². The Bertz CT molecular complexity index is 511. The lowest BCUT2D eigenvalue weighted by Crippen LogP contribution is -2.94. The molecule has 0 amide bonds.